The maximum absolute atomic E-state index is 14.1. The average molecular weight is 1040 g/mol. The van der Waals surface area contributed by atoms with Crippen molar-refractivity contribution in [1.82, 2.24) is 45.0 Å². The predicted molar refractivity (Wildman–Crippen MR) is 285 cm³/mol. The highest BCUT2D eigenvalue weighted by molar-refractivity contribution is 5.87. The minimum atomic E-state index is -2.67. The summed E-state index contributed by atoms with van der Waals surface area (Å²) in [6.07, 6.45) is 4.22. The van der Waals surface area contributed by atoms with Crippen molar-refractivity contribution < 1.29 is 37.8 Å². The summed E-state index contributed by atoms with van der Waals surface area (Å²) in [4.78, 5) is 69.7. The maximum Gasteiger partial charge on any atom is 0.407 e. The molecule has 0 unspecified atom stereocenters. The number of likely N-dealkylation sites (tertiary alicyclic amines) is 2. The number of pyridine rings is 1. The Labute approximate surface area is 440 Å². The van der Waals surface area contributed by atoms with Crippen molar-refractivity contribution in [3.63, 3.8) is 0 Å². The molecule has 3 aromatic heterocycles. The van der Waals surface area contributed by atoms with Gasteiger partial charge in [-0.3, -0.25) is 9.59 Å². The van der Waals surface area contributed by atoms with E-state index in [4.69, 9.17) is 14.7 Å². The number of imidazole rings is 1. The number of rotatable bonds is 14. The minimum Gasteiger partial charge on any atom is -0.465 e. The van der Waals surface area contributed by atoms with E-state index in [1.807, 2.05) is 56.9 Å². The predicted octanol–water partition coefficient (Wildman–Crippen LogP) is 9.93. The highest BCUT2D eigenvalue weighted by Gasteiger charge is 2.41. The molecule has 76 heavy (non-hydrogen) atoms. The zero-order valence-electron chi connectivity index (χ0n) is 43.4. The van der Waals surface area contributed by atoms with Crippen molar-refractivity contribution in [2.45, 2.75) is 103 Å². The Morgan fingerprint density at radius 1 is 0.711 bits per heavy atom. The van der Waals surface area contributed by atoms with Crippen LogP contribution in [-0.2, 0) is 20.9 Å². The number of amides is 4. The second-order valence-corrected chi connectivity index (χ2v) is 21.0. The van der Waals surface area contributed by atoms with Crippen LogP contribution in [0.4, 0.5) is 29.9 Å². The van der Waals surface area contributed by atoms with E-state index < -0.39 is 30.2 Å². The highest BCUT2D eigenvalue weighted by Crippen LogP contribution is 2.39. The summed E-state index contributed by atoms with van der Waals surface area (Å²) in [6.45, 7) is 9.61. The largest absolute Gasteiger partial charge is 0.465 e. The lowest BCUT2D eigenvalue weighted by Gasteiger charge is -2.35. The lowest BCUT2D eigenvalue weighted by Crippen LogP contribution is -2.55. The fraction of sp³-hybridized carbons (Fsp3) is 0.404. The van der Waals surface area contributed by atoms with E-state index >= 15 is 0 Å². The number of H-pyrrole nitrogens is 1. The van der Waals surface area contributed by atoms with E-state index in [1.165, 1.54) is 7.11 Å². The molecule has 4 amide bonds. The molecule has 10 rings (SSSR count). The third kappa shape index (κ3) is 10.6. The van der Waals surface area contributed by atoms with Gasteiger partial charge in [0.25, 0.3) is 5.92 Å². The van der Waals surface area contributed by atoms with E-state index in [9.17, 15) is 33.1 Å². The number of alkyl carbamates (subject to hydrolysis) is 1. The Balaban J connectivity index is 0.895. The Kier molecular flexibility index (Phi) is 14.6. The molecule has 3 aromatic carbocycles. The van der Waals surface area contributed by atoms with Gasteiger partial charge < -0.3 is 50.2 Å². The van der Waals surface area contributed by atoms with E-state index in [-0.39, 0.29) is 61.8 Å². The molecule has 6 aromatic rings. The normalized spacial score (nSPS) is 19.1. The highest BCUT2D eigenvalue weighted by atomic mass is 19.3. The monoisotopic (exact) mass is 1040 g/mol. The van der Waals surface area contributed by atoms with Crippen LogP contribution in [0, 0.1) is 11.8 Å². The van der Waals surface area contributed by atoms with Crippen LogP contribution in [0.3, 0.4) is 0 Å². The Morgan fingerprint density at radius 2 is 1.32 bits per heavy atom. The molecular formula is C57H65F2N11O6. The third-order valence-corrected chi connectivity index (χ3v) is 15.3. The van der Waals surface area contributed by atoms with Crippen LogP contribution in [-0.4, -0.2) is 121 Å². The number of hydrogen-bond donors (Lipinski definition) is 5. The number of carbonyl (C=O) groups excluding carboxylic acids is 3. The number of aromatic amines is 1. The first-order valence-corrected chi connectivity index (χ1v) is 26.2. The first-order chi connectivity index (χ1) is 36.5. The summed E-state index contributed by atoms with van der Waals surface area (Å²) in [5.41, 5.74) is 13.9. The summed E-state index contributed by atoms with van der Waals surface area (Å²) >= 11 is 0. The van der Waals surface area contributed by atoms with Gasteiger partial charge in [0.1, 0.15) is 29.9 Å². The number of alkyl halides is 2. The second kappa shape index (κ2) is 21.4. The van der Waals surface area contributed by atoms with Gasteiger partial charge in [0.05, 0.1) is 54.0 Å². The van der Waals surface area contributed by atoms with Gasteiger partial charge in [0.2, 0.25) is 11.8 Å². The number of hydrogen-bond acceptors (Lipinski definition) is 10. The first kappa shape index (κ1) is 51.7. The van der Waals surface area contributed by atoms with Gasteiger partial charge in [0, 0.05) is 45.6 Å². The summed E-state index contributed by atoms with van der Waals surface area (Å²) in [7, 11) is 1.28. The van der Waals surface area contributed by atoms with Crippen LogP contribution < -0.4 is 21.0 Å². The topological polar surface area (TPSA) is 193 Å². The number of fused-ring (bicyclic) bond motifs is 1. The number of nitrogens with zero attached hydrogens (tertiary/aromatic N) is 7. The van der Waals surface area contributed by atoms with Crippen LogP contribution in [0.1, 0.15) is 83.6 Å². The second-order valence-electron chi connectivity index (χ2n) is 21.0. The molecule has 17 nitrogen and oxygen atoms in total. The van der Waals surface area contributed by atoms with E-state index in [2.05, 4.69) is 97.3 Å². The molecule has 19 heteroatoms. The molecule has 4 aliphatic rings. The van der Waals surface area contributed by atoms with Crippen molar-refractivity contribution in [3.05, 3.63) is 115 Å². The van der Waals surface area contributed by atoms with Crippen molar-refractivity contribution in [2.24, 2.45) is 11.8 Å². The lowest BCUT2D eigenvalue weighted by molar-refractivity contribution is -0.138. The van der Waals surface area contributed by atoms with Crippen molar-refractivity contribution in [1.29, 1.82) is 0 Å². The van der Waals surface area contributed by atoms with Crippen molar-refractivity contribution >= 4 is 35.5 Å². The van der Waals surface area contributed by atoms with Crippen molar-refractivity contribution in [3.8, 4) is 50.6 Å². The average Bonchev–Trinajstić information content (AvgIpc) is 4.29. The van der Waals surface area contributed by atoms with Gasteiger partial charge >= 0.3 is 12.2 Å². The van der Waals surface area contributed by atoms with Gasteiger partial charge in [-0.1, -0.05) is 82.3 Å². The Hall–Kier alpha value is -7.80. The molecule has 398 valence electrons. The zero-order valence-corrected chi connectivity index (χ0v) is 43.4. The smallest absolute Gasteiger partial charge is 0.407 e. The molecule has 0 radical (unpaired) electrons. The Bertz CT molecular complexity index is 3080. The SMILES string of the molecule is COC(=O)N[C@H](C(=O)N1CCC[C@H]1c1ncc(-c2ccc(-c3ccc(-c4ccc(-c5ccc6c(c5)CN([C@H]5CCCN5C(=O)[C@@H](NC(=O)O)C(C)C)N6)cc4)n3-c3ccc(N4CCC(F)(F)CC4)nc3)cc2)[nH]1)C(C)C. The fourth-order valence-electron chi connectivity index (χ4n) is 11.2. The molecule has 0 spiro atoms. The number of methoxy groups -OCH3 is 1. The van der Waals surface area contributed by atoms with Crippen LogP contribution in [0.5, 0.6) is 0 Å². The first-order valence-electron chi connectivity index (χ1n) is 26.2. The molecule has 0 saturated carbocycles. The zero-order chi connectivity index (χ0) is 53.4. The number of aromatic nitrogens is 4. The standard InChI is InChI=1S/C57H65F2N11O6/c1-34(2)50(63-55(73)74)54(72)68-27-7-9-49(68)69-33-41-30-40(18-20-43(41)65-69)36-10-14-38(15-11-36)45-21-22-46(70(45)42-19-23-48(60-31-42)66-28-24-57(58,59)25-29-66)39-16-12-37(13-17-39)44-32-61-52(62-44)47-8-6-26-67(47)53(71)51(35(3)4)64-56(75)76-5/h10-23,30-32,34-35,47,49-51,63,65H,6-9,24-29,33H2,1-5H3,(H,61,62)(H,64,75)(H,73,74)/t47-,49-,50-,51-/m0/s1. The number of piperidine rings is 1. The number of benzene rings is 3. The van der Waals surface area contributed by atoms with E-state index in [1.54, 1.807) is 22.2 Å². The molecule has 4 aliphatic heterocycles. The molecule has 3 fully saturated rings. The van der Waals surface area contributed by atoms with Crippen LogP contribution in [0.2, 0.25) is 0 Å². The molecule has 3 saturated heterocycles. The number of halogens is 2. The quantitative estimate of drug-likeness (QED) is 0.0697. The van der Waals surface area contributed by atoms with Crippen LogP contribution >= 0.6 is 0 Å². The number of ether oxygens (including phenoxy) is 1. The Morgan fingerprint density at radius 3 is 1.95 bits per heavy atom. The number of carboxylic acid groups (broad SMARTS) is 1. The molecule has 0 aliphatic carbocycles. The summed E-state index contributed by atoms with van der Waals surface area (Å²) in [5.74, 6) is -2.07. The number of anilines is 2. The van der Waals surface area contributed by atoms with Gasteiger partial charge in [-0.05, 0) is 107 Å². The van der Waals surface area contributed by atoms with Crippen molar-refractivity contribution in [2.75, 3.05) is 43.6 Å². The third-order valence-electron chi connectivity index (χ3n) is 15.3. The molecular weight excluding hydrogens is 973 g/mol. The molecule has 7 heterocycles. The number of hydrazine groups is 1. The number of carbonyl (C=O) groups is 4. The summed E-state index contributed by atoms with van der Waals surface area (Å²) in [5, 5.41) is 16.7. The molecule has 5 N–H and O–H groups in total. The summed E-state index contributed by atoms with van der Waals surface area (Å²) < 4.78 is 35.2. The van der Waals surface area contributed by atoms with Gasteiger partial charge in [-0.2, -0.15) is 5.01 Å². The summed E-state index contributed by atoms with van der Waals surface area (Å²) in [6, 6.07) is 29.2. The van der Waals surface area contributed by atoms with Crippen LogP contribution in [0.25, 0.3) is 50.6 Å². The maximum atomic E-state index is 14.1. The fourth-order valence-corrected chi connectivity index (χ4v) is 11.2. The van der Waals surface area contributed by atoms with E-state index in [0.29, 0.717) is 31.3 Å². The van der Waals surface area contributed by atoms with Gasteiger partial charge in [0.15, 0.2) is 0 Å². The van der Waals surface area contributed by atoms with E-state index in [0.717, 1.165) is 87.5 Å². The number of nitrogens with one attached hydrogen (secondary N) is 4. The molecule has 4 atom stereocenters. The van der Waals surface area contributed by atoms with Crippen LogP contribution in [0.15, 0.2) is 103 Å². The van der Waals surface area contributed by atoms with Gasteiger partial charge in [-0.25, -0.2) is 28.3 Å². The minimum absolute atomic E-state index is 0.146. The lowest BCUT2D eigenvalue weighted by atomic mass is 10.00. The van der Waals surface area contributed by atoms with Gasteiger partial charge in [-0.15, -0.1) is 0 Å². The molecule has 0 bridgehead atoms.